The summed E-state index contributed by atoms with van der Waals surface area (Å²) in [6.45, 7) is -0.125. The zero-order valence-corrected chi connectivity index (χ0v) is 23.8. The largest absolute Gasteiger partial charge is 0.439 e. The van der Waals surface area contributed by atoms with Crippen LogP contribution in [0.15, 0.2) is 66.2 Å². The molecule has 1 atom stereocenters. The lowest BCUT2D eigenvalue weighted by molar-refractivity contribution is 0.0929. The fourth-order valence-corrected chi connectivity index (χ4v) is 5.42. The maximum absolute atomic E-state index is 14.4. The number of aryl methyl sites for hydroxylation is 1. The second-order valence-corrected chi connectivity index (χ2v) is 10.7. The smallest absolute Gasteiger partial charge is 0.394 e. The number of nitrogen functional groups attached to an aromatic ring is 1. The number of H-pyrrole nitrogens is 2. The van der Waals surface area contributed by atoms with E-state index in [0.29, 0.717) is 24.0 Å². The van der Waals surface area contributed by atoms with Crippen LogP contribution in [0.2, 0.25) is 0 Å². The van der Waals surface area contributed by atoms with E-state index in [1.54, 1.807) is 12.1 Å². The van der Waals surface area contributed by atoms with Crippen LogP contribution in [0.5, 0.6) is 0 Å². The molecule has 3 heterocycles. The molecule has 17 nitrogen and oxygen atoms in total. The Morgan fingerprint density at radius 1 is 1.06 bits per heavy atom. The van der Waals surface area contributed by atoms with E-state index in [1.165, 1.54) is 12.1 Å². The molecule has 6 aromatic rings. The number of nitrogens with one attached hydrogen (secondary N) is 5. The lowest BCUT2D eigenvalue weighted by Gasteiger charge is -2.15. The number of rotatable bonds is 8. The van der Waals surface area contributed by atoms with Crippen LogP contribution in [-0.4, -0.2) is 41.5 Å². The molecule has 47 heavy (non-hydrogen) atoms. The maximum Gasteiger partial charge on any atom is 0.439 e. The van der Waals surface area contributed by atoms with Crippen molar-refractivity contribution in [3.63, 3.8) is 0 Å². The number of anilines is 3. The van der Waals surface area contributed by atoms with Crippen molar-refractivity contribution in [2.75, 3.05) is 11.1 Å². The Bertz CT molecular complexity index is 2450. The van der Waals surface area contributed by atoms with Crippen LogP contribution in [0.4, 0.5) is 21.5 Å². The molecule has 0 fully saturated rings. The van der Waals surface area contributed by atoms with Crippen molar-refractivity contribution in [2.24, 2.45) is 0 Å². The summed E-state index contributed by atoms with van der Waals surface area (Å²) in [6.07, 6.45) is 1.16. The van der Waals surface area contributed by atoms with Gasteiger partial charge in [-0.1, -0.05) is 23.4 Å². The Morgan fingerprint density at radius 3 is 2.66 bits per heavy atom. The summed E-state index contributed by atoms with van der Waals surface area (Å²) >= 11 is 0. The van der Waals surface area contributed by atoms with Gasteiger partial charge in [0.15, 0.2) is 5.82 Å². The standard InChI is InChI=1S/C29H21FN10O7/c30-15-5-1-11(7-17(15)33-21-20(31)22(41)23(21)42)10-32-25(43)18-9-19(40-27(35-18)37-38-28(40)45)26(44)34-16-6-3-12-8-13(2-4-14(12)16)24-36-29(46)47-39-24/h1-2,4-5,7-9,16,33H,3,6,10,31H2,(H,32,43)(H,34,44)(H,38,45)(H,36,39,46)/t16-/m0/s1. The van der Waals surface area contributed by atoms with Gasteiger partial charge in [0.2, 0.25) is 0 Å². The molecule has 2 amide bonds. The number of nitrogens with zero attached hydrogens (tertiary/aromatic N) is 4. The van der Waals surface area contributed by atoms with Crippen LogP contribution in [-0.2, 0) is 13.0 Å². The van der Waals surface area contributed by atoms with E-state index >= 15 is 0 Å². The first-order valence-electron chi connectivity index (χ1n) is 14.0. The van der Waals surface area contributed by atoms with Crippen molar-refractivity contribution in [1.82, 2.24) is 40.4 Å². The molecule has 1 aliphatic carbocycles. The summed E-state index contributed by atoms with van der Waals surface area (Å²) in [5.74, 6) is -2.74. The summed E-state index contributed by atoms with van der Waals surface area (Å²) in [5.41, 5.74) is 4.76. The Labute approximate surface area is 259 Å². The van der Waals surface area contributed by atoms with Gasteiger partial charge < -0.3 is 21.7 Å². The highest BCUT2D eigenvalue weighted by molar-refractivity contribution is 5.98. The molecule has 0 saturated carbocycles. The summed E-state index contributed by atoms with van der Waals surface area (Å²) in [4.78, 5) is 80.2. The number of aromatic amines is 2. The van der Waals surface area contributed by atoms with Gasteiger partial charge in [-0.15, -0.1) is 5.10 Å². The van der Waals surface area contributed by atoms with E-state index < -0.39 is 46.0 Å². The second-order valence-electron chi connectivity index (χ2n) is 10.7. The van der Waals surface area contributed by atoms with E-state index in [0.717, 1.165) is 27.7 Å². The van der Waals surface area contributed by atoms with Gasteiger partial charge in [0.05, 0.1) is 11.7 Å². The minimum Gasteiger partial charge on any atom is -0.394 e. The molecule has 0 spiro atoms. The van der Waals surface area contributed by atoms with Gasteiger partial charge in [-0.2, -0.15) is 0 Å². The van der Waals surface area contributed by atoms with Gasteiger partial charge in [0.25, 0.3) is 28.4 Å². The molecule has 0 aliphatic heterocycles. The Morgan fingerprint density at radius 2 is 1.89 bits per heavy atom. The molecule has 0 bridgehead atoms. The number of hydrogen-bond donors (Lipinski definition) is 6. The number of halogens is 1. The van der Waals surface area contributed by atoms with E-state index in [1.807, 2.05) is 6.07 Å². The molecule has 0 saturated heterocycles. The van der Waals surface area contributed by atoms with Gasteiger partial charge in [-0.25, -0.2) is 28.5 Å². The predicted octanol–water partition coefficient (Wildman–Crippen LogP) is 0.169. The fourth-order valence-electron chi connectivity index (χ4n) is 5.42. The summed E-state index contributed by atoms with van der Waals surface area (Å²) in [7, 11) is 0. The van der Waals surface area contributed by atoms with E-state index in [9.17, 15) is 33.2 Å². The molecule has 3 aromatic carbocycles. The van der Waals surface area contributed by atoms with Crippen molar-refractivity contribution in [2.45, 2.75) is 25.4 Å². The van der Waals surface area contributed by atoms with Crippen LogP contribution in [0.25, 0.3) is 17.2 Å². The summed E-state index contributed by atoms with van der Waals surface area (Å²) in [6, 6.07) is 9.91. The lowest BCUT2D eigenvalue weighted by Crippen LogP contribution is -2.36. The highest BCUT2D eigenvalue weighted by Gasteiger charge is 2.27. The quantitative estimate of drug-likeness (QED) is 0.122. The van der Waals surface area contributed by atoms with Crippen molar-refractivity contribution >= 4 is 34.7 Å². The van der Waals surface area contributed by atoms with E-state index in [4.69, 9.17) is 5.73 Å². The SMILES string of the molecule is Nc1c(Nc2cc(CNC(=O)c3cc(C(=O)N[C@H]4CCc5cc(-c6noc(=O)[nH]6)ccc54)n4c(=O)[nH]nc4n3)ccc2F)c(=O)c1=O. The maximum atomic E-state index is 14.4. The van der Waals surface area contributed by atoms with Crippen LogP contribution in [0.1, 0.15) is 50.1 Å². The number of amides is 2. The average molecular weight is 641 g/mol. The molecule has 7 N–H and O–H groups in total. The van der Waals surface area contributed by atoms with Gasteiger partial charge in [0, 0.05) is 12.1 Å². The third-order valence-electron chi connectivity index (χ3n) is 7.79. The van der Waals surface area contributed by atoms with Crippen LogP contribution < -0.4 is 44.0 Å². The van der Waals surface area contributed by atoms with Crippen molar-refractivity contribution in [1.29, 1.82) is 0 Å². The predicted molar refractivity (Wildman–Crippen MR) is 161 cm³/mol. The molecule has 1 aliphatic rings. The number of fused-ring (bicyclic) bond motifs is 2. The van der Waals surface area contributed by atoms with Crippen molar-refractivity contribution in [3.8, 4) is 11.4 Å². The third-order valence-corrected chi connectivity index (χ3v) is 7.79. The number of carbonyl (C=O) groups excluding carboxylic acids is 2. The van der Waals surface area contributed by atoms with Crippen molar-refractivity contribution < 1.29 is 18.5 Å². The number of nitrogens with two attached hydrogens (primary N) is 1. The van der Waals surface area contributed by atoms with Gasteiger partial charge in [-0.3, -0.25) is 28.7 Å². The van der Waals surface area contributed by atoms with Crippen LogP contribution >= 0.6 is 0 Å². The second kappa shape index (κ2) is 11.0. The van der Waals surface area contributed by atoms with Gasteiger partial charge in [0.1, 0.15) is 28.6 Å². The monoisotopic (exact) mass is 640 g/mol. The molecular weight excluding hydrogens is 619 g/mol. The first-order valence-corrected chi connectivity index (χ1v) is 14.0. The Hall–Kier alpha value is -6.72. The topological polar surface area (TPSA) is 252 Å². The first-order chi connectivity index (χ1) is 22.6. The minimum absolute atomic E-state index is 0.125. The number of aromatic nitrogens is 6. The van der Waals surface area contributed by atoms with E-state index in [-0.39, 0.29) is 46.6 Å². The normalized spacial score (nSPS) is 13.9. The van der Waals surface area contributed by atoms with Crippen LogP contribution in [0.3, 0.4) is 0 Å². The Balaban J connectivity index is 1.09. The van der Waals surface area contributed by atoms with Crippen LogP contribution in [0, 0.1) is 5.82 Å². The average Bonchev–Trinajstić information content (AvgIpc) is 3.80. The highest BCUT2D eigenvalue weighted by atomic mass is 19.1. The van der Waals surface area contributed by atoms with Gasteiger partial charge >= 0.3 is 11.4 Å². The molecular formula is C29H21FN10O7. The summed E-state index contributed by atoms with van der Waals surface area (Å²) < 4.78 is 19.9. The van der Waals surface area contributed by atoms with Gasteiger partial charge in [-0.05, 0) is 53.8 Å². The zero-order valence-electron chi connectivity index (χ0n) is 23.8. The number of hydrogen-bond acceptors (Lipinski definition) is 12. The number of carbonyl (C=O) groups is 2. The molecule has 7 rings (SSSR count). The molecule has 18 heteroatoms. The van der Waals surface area contributed by atoms with E-state index in [2.05, 4.69) is 45.8 Å². The minimum atomic E-state index is -0.868. The zero-order chi connectivity index (χ0) is 33.0. The summed E-state index contributed by atoms with van der Waals surface area (Å²) in [5, 5.41) is 17.7. The molecule has 236 valence electrons. The molecule has 3 aromatic heterocycles. The number of benzene rings is 2. The van der Waals surface area contributed by atoms with Crippen molar-refractivity contribution in [3.05, 3.63) is 118 Å². The molecule has 0 radical (unpaired) electrons. The highest BCUT2D eigenvalue weighted by Crippen LogP contribution is 2.33. The third kappa shape index (κ3) is 5.12. The lowest BCUT2D eigenvalue weighted by atomic mass is 10.0. The first kappa shape index (κ1) is 29.0. The Kier molecular flexibility index (Phi) is 6.80. The molecule has 0 unspecified atom stereocenters. The fraction of sp³-hybridized carbons (Fsp3) is 0.138.